The van der Waals surface area contributed by atoms with Crippen LogP contribution >= 0.6 is 22.9 Å². The third kappa shape index (κ3) is 5.12. The van der Waals surface area contributed by atoms with Gasteiger partial charge in [0.2, 0.25) is 0 Å². The second kappa shape index (κ2) is 10.2. The molecule has 0 aliphatic heterocycles. The summed E-state index contributed by atoms with van der Waals surface area (Å²) < 4.78 is 32.2. The minimum absolute atomic E-state index is 0.0397. The summed E-state index contributed by atoms with van der Waals surface area (Å²) in [4.78, 5) is 24.6. The molecule has 1 amide bonds. The molecule has 0 fully saturated rings. The highest BCUT2D eigenvalue weighted by Gasteiger charge is 2.30. The molecule has 0 saturated carbocycles. The molecule has 0 saturated heterocycles. The molecular weight excluding hydrogens is 472 g/mol. The van der Waals surface area contributed by atoms with Crippen molar-refractivity contribution in [2.75, 3.05) is 25.0 Å². The lowest BCUT2D eigenvalue weighted by Crippen LogP contribution is -2.32. The molecule has 0 atom stereocenters. The highest BCUT2D eigenvalue weighted by atomic mass is 35.5. The van der Waals surface area contributed by atoms with E-state index in [2.05, 4.69) is 10.1 Å². The number of methoxy groups -OCH3 is 1. The largest absolute Gasteiger partial charge is 0.465 e. The van der Waals surface area contributed by atoms with Crippen LogP contribution in [0.5, 0.6) is 0 Å². The molecule has 32 heavy (non-hydrogen) atoms. The first-order valence-corrected chi connectivity index (χ1v) is 12.2. The van der Waals surface area contributed by atoms with Crippen molar-refractivity contribution in [2.24, 2.45) is 0 Å². The molecule has 1 N–H and O–H groups in total. The summed E-state index contributed by atoms with van der Waals surface area (Å²) in [7, 11) is -1.65. The van der Waals surface area contributed by atoms with Crippen molar-refractivity contribution in [1.82, 2.24) is 5.32 Å². The van der Waals surface area contributed by atoms with E-state index in [9.17, 15) is 18.0 Å². The van der Waals surface area contributed by atoms with E-state index in [1.54, 1.807) is 0 Å². The van der Waals surface area contributed by atoms with Gasteiger partial charge < -0.3 is 10.1 Å². The molecule has 168 valence electrons. The van der Waals surface area contributed by atoms with Gasteiger partial charge in [0.05, 0.1) is 18.4 Å². The summed E-state index contributed by atoms with van der Waals surface area (Å²) in [6.45, 7) is 0.363. The van der Waals surface area contributed by atoms with Crippen molar-refractivity contribution in [2.45, 2.75) is 11.3 Å². The first-order valence-electron chi connectivity index (χ1n) is 9.52. The number of hydrogen-bond donors (Lipinski definition) is 1. The number of esters is 1. The Labute approximate surface area is 195 Å². The van der Waals surface area contributed by atoms with E-state index < -0.39 is 21.9 Å². The molecule has 3 rings (SSSR count). The fourth-order valence-corrected chi connectivity index (χ4v) is 5.74. The first-order chi connectivity index (χ1) is 15.3. The first kappa shape index (κ1) is 23.8. The van der Waals surface area contributed by atoms with Gasteiger partial charge in [0.1, 0.15) is 9.77 Å². The van der Waals surface area contributed by atoms with Crippen molar-refractivity contribution in [3.8, 4) is 0 Å². The lowest BCUT2D eigenvalue weighted by Gasteiger charge is -2.22. The van der Waals surface area contributed by atoms with Gasteiger partial charge in [-0.25, -0.2) is 13.2 Å². The molecule has 0 aliphatic rings. The van der Waals surface area contributed by atoms with Crippen LogP contribution in [0.15, 0.2) is 64.9 Å². The SMILES string of the molecule is COC(=O)c1sccc1S(=O)(=O)N(C)c1ccc(Cl)cc1C(=O)NCCc1ccccc1. The third-order valence-corrected chi connectivity index (χ3v) is 7.80. The second-order valence-electron chi connectivity index (χ2n) is 6.73. The predicted molar refractivity (Wildman–Crippen MR) is 125 cm³/mol. The summed E-state index contributed by atoms with van der Waals surface area (Å²) in [5, 5.41) is 4.59. The van der Waals surface area contributed by atoms with E-state index in [1.165, 1.54) is 43.8 Å². The summed E-state index contributed by atoms with van der Waals surface area (Å²) in [5.74, 6) is -1.21. The number of anilines is 1. The number of nitrogens with zero attached hydrogens (tertiary/aromatic N) is 1. The summed E-state index contributed by atoms with van der Waals surface area (Å²) in [5.41, 5.74) is 1.30. The molecule has 7 nitrogen and oxygen atoms in total. The van der Waals surface area contributed by atoms with E-state index >= 15 is 0 Å². The number of benzene rings is 2. The number of hydrogen-bond acceptors (Lipinski definition) is 6. The molecule has 1 aromatic heterocycles. The summed E-state index contributed by atoms with van der Waals surface area (Å²) in [6, 6.07) is 15.4. The number of halogens is 1. The number of sulfonamides is 1. The Balaban J connectivity index is 1.87. The van der Waals surface area contributed by atoms with Gasteiger partial charge in [0.15, 0.2) is 0 Å². The Morgan fingerprint density at radius 2 is 1.84 bits per heavy atom. The van der Waals surface area contributed by atoms with Crippen molar-refractivity contribution in [3.05, 3.63) is 81.0 Å². The lowest BCUT2D eigenvalue weighted by atomic mass is 10.1. The normalized spacial score (nSPS) is 11.1. The van der Waals surface area contributed by atoms with Gasteiger partial charge in [0.25, 0.3) is 15.9 Å². The van der Waals surface area contributed by atoms with E-state index in [0.717, 1.165) is 21.2 Å². The topological polar surface area (TPSA) is 92.8 Å². The fraction of sp³-hybridized carbons (Fsp3) is 0.182. The number of carbonyl (C=O) groups is 2. The molecule has 1 heterocycles. The van der Waals surface area contributed by atoms with Crippen LogP contribution in [0.1, 0.15) is 25.6 Å². The number of rotatable bonds is 8. The van der Waals surface area contributed by atoms with Crippen molar-refractivity contribution in [1.29, 1.82) is 0 Å². The highest BCUT2D eigenvalue weighted by molar-refractivity contribution is 7.93. The molecule has 0 bridgehead atoms. The monoisotopic (exact) mass is 492 g/mol. The van der Waals surface area contributed by atoms with Gasteiger partial charge in [-0.2, -0.15) is 0 Å². The van der Waals surface area contributed by atoms with E-state index in [4.69, 9.17) is 11.6 Å². The molecule has 0 spiro atoms. The zero-order valence-electron chi connectivity index (χ0n) is 17.4. The van der Waals surface area contributed by atoms with Crippen LogP contribution < -0.4 is 9.62 Å². The van der Waals surface area contributed by atoms with E-state index in [0.29, 0.717) is 18.0 Å². The molecule has 2 aromatic carbocycles. The number of amides is 1. The van der Waals surface area contributed by atoms with Crippen LogP contribution in [0.25, 0.3) is 0 Å². The van der Waals surface area contributed by atoms with Crippen LogP contribution in [-0.4, -0.2) is 41.0 Å². The number of carbonyl (C=O) groups excluding carboxylic acids is 2. The van der Waals surface area contributed by atoms with E-state index in [-0.39, 0.29) is 21.0 Å². The zero-order chi connectivity index (χ0) is 23.3. The van der Waals surface area contributed by atoms with Crippen LogP contribution in [0.4, 0.5) is 5.69 Å². The number of thiophene rings is 1. The van der Waals surface area contributed by atoms with Gasteiger partial charge in [-0.15, -0.1) is 11.3 Å². The smallest absolute Gasteiger partial charge is 0.349 e. The van der Waals surface area contributed by atoms with E-state index in [1.807, 2.05) is 30.3 Å². The summed E-state index contributed by atoms with van der Waals surface area (Å²) >= 11 is 7.05. The standard InChI is InChI=1S/C22H21ClN2O5S2/c1-25(32(28,29)19-11-13-31-20(19)22(27)30-2)18-9-8-16(23)14-17(18)21(26)24-12-10-15-6-4-3-5-7-15/h3-9,11,13-14H,10,12H2,1-2H3,(H,24,26). The van der Waals surface area contributed by atoms with Gasteiger partial charge in [-0.05, 0) is 41.6 Å². The average Bonchev–Trinajstić information content (AvgIpc) is 3.29. The minimum atomic E-state index is -4.15. The van der Waals surface area contributed by atoms with Crippen LogP contribution in [0, 0.1) is 0 Å². The lowest BCUT2D eigenvalue weighted by molar-refractivity contribution is 0.0602. The Hall–Kier alpha value is -2.88. The van der Waals surface area contributed by atoms with Crippen molar-refractivity contribution >= 4 is 50.5 Å². The zero-order valence-corrected chi connectivity index (χ0v) is 19.8. The molecule has 10 heteroatoms. The van der Waals surface area contributed by atoms with Gasteiger partial charge in [-0.1, -0.05) is 41.9 Å². The Morgan fingerprint density at radius 3 is 2.53 bits per heavy atom. The fourth-order valence-electron chi connectivity index (χ4n) is 3.04. The predicted octanol–water partition coefficient (Wildman–Crippen LogP) is 3.99. The maximum Gasteiger partial charge on any atom is 0.349 e. The molecule has 0 unspecified atom stereocenters. The maximum atomic E-state index is 13.3. The van der Waals surface area contributed by atoms with Crippen LogP contribution in [0.3, 0.4) is 0 Å². The molecule has 0 radical (unpaired) electrons. The Morgan fingerprint density at radius 1 is 1.12 bits per heavy atom. The number of ether oxygens (including phenoxy) is 1. The number of nitrogens with one attached hydrogen (secondary N) is 1. The molecule has 0 aliphatic carbocycles. The third-order valence-electron chi connectivity index (χ3n) is 4.72. The maximum absolute atomic E-state index is 13.3. The minimum Gasteiger partial charge on any atom is -0.465 e. The Bertz CT molecular complexity index is 1230. The quantitative estimate of drug-likeness (QED) is 0.480. The van der Waals surface area contributed by atoms with Crippen molar-refractivity contribution in [3.63, 3.8) is 0 Å². The van der Waals surface area contributed by atoms with Gasteiger partial charge >= 0.3 is 5.97 Å². The molecular formula is C22H21ClN2O5S2. The van der Waals surface area contributed by atoms with Crippen LogP contribution in [0.2, 0.25) is 5.02 Å². The molecule has 3 aromatic rings. The van der Waals surface area contributed by atoms with Gasteiger partial charge in [-0.3, -0.25) is 9.10 Å². The highest BCUT2D eigenvalue weighted by Crippen LogP contribution is 2.31. The van der Waals surface area contributed by atoms with Gasteiger partial charge in [0, 0.05) is 18.6 Å². The van der Waals surface area contributed by atoms with Crippen molar-refractivity contribution < 1.29 is 22.7 Å². The summed E-state index contributed by atoms with van der Waals surface area (Å²) in [6.07, 6.45) is 0.619. The second-order valence-corrected chi connectivity index (χ2v) is 10.0. The Kier molecular flexibility index (Phi) is 7.55. The van der Waals surface area contributed by atoms with Crippen LogP contribution in [-0.2, 0) is 21.2 Å². The average molecular weight is 493 g/mol.